The largest absolute Gasteiger partial charge is 0.333 e. The molecule has 0 bridgehead atoms. The third kappa shape index (κ3) is 3.74. The van der Waals surface area contributed by atoms with E-state index in [0.717, 1.165) is 12.1 Å². The van der Waals surface area contributed by atoms with Crippen LogP contribution in [0.5, 0.6) is 0 Å². The first kappa shape index (κ1) is 17.7. The Bertz CT molecular complexity index is 710. The Hall–Kier alpha value is -1.15. The molecule has 3 rings (SSSR count). The normalized spacial score (nSPS) is 24.2. The summed E-state index contributed by atoms with van der Waals surface area (Å²) < 4.78 is 25.1. The van der Waals surface area contributed by atoms with E-state index in [-0.39, 0.29) is 30.7 Å². The molecule has 1 aromatic carbocycles. The van der Waals surface area contributed by atoms with Crippen LogP contribution in [0.2, 0.25) is 5.02 Å². The van der Waals surface area contributed by atoms with E-state index in [4.69, 9.17) is 11.6 Å². The topological polar surface area (TPSA) is 69.7 Å². The molecule has 8 heteroatoms. The van der Waals surface area contributed by atoms with Crippen LogP contribution in [0.4, 0.5) is 0 Å². The summed E-state index contributed by atoms with van der Waals surface area (Å²) in [6, 6.07) is 7.42. The van der Waals surface area contributed by atoms with Gasteiger partial charge in [-0.05, 0) is 18.1 Å². The maximum atomic E-state index is 12.7. The fourth-order valence-electron chi connectivity index (χ4n) is 3.33. The molecule has 1 aromatic rings. The molecule has 2 fully saturated rings. The minimum Gasteiger partial charge on any atom is -0.333 e. The molecule has 0 radical (unpaired) electrons. The first-order valence-electron chi connectivity index (χ1n) is 8.21. The Morgan fingerprint density at radius 2 is 2.08 bits per heavy atom. The van der Waals surface area contributed by atoms with Crippen LogP contribution in [-0.2, 0) is 14.8 Å². The molecule has 0 aliphatic carbocycles. The van der Waals surface area contributed by atoms with Crippen molar-refractivity contribution in [1.29, 1.82) is 0 Å². The number of carbonyl (C=O) groups is 1. The molecule has 2 saturated heterocycles. The number of amides is 1. The molecule has 0 saturated carbocycles. The number of piperazine rings is 1. The molecule has 2 aliphatic rings. The lowest BCUT2D eigenvalue weighted by Gasteiger charge is -2.37. The number of halogens is 1. The second-order valence-electron chi connectivity index (χ2n) is 6.15. The molecule has 2 heterocycles. The number of hydrogen-bond donors (Lipinski definition) is 1. The van der Waals surface area contributed by atoms with Crippen molar-refractivity contribution in [3.05, 3.63) is 34.9 Å². The van der Waals surface area contributed by atoms with E-state index in [1.54, 1.807) is 0 Å². The van der Waals surface area contributed by atoms with Crippen LogP contribution in [0.3, 0.4) is 0 Å². The summed E-state index contributed by atoms with van der Waals surface area (Å²) in [4.78, 5) is 14.5. The first-order chi connectivity index (χ1) is 11.5. The molecule has 2 aliphatic heterocycles. The van der Waals surface area contributed by atoms with E-state index in [2.05, 4.69) is 5.32 Å². The van der Waals surface area contributed by atoms with E-state index in [9.17, 15) is 13.2 Å². The fourth-order valence-corrected chi connectivity index (χ4v) is 5.12. The lowest BCUT2D eigenvalue weighted by Crippen LogP contribution is -2.49. The van der Waals surface area contributed by atoms with Gasteiger partial charge < -0.3 is 10.2 Å². The standard InChI is InChI=1S/C16H22ClN3O3S/c17-14-5-2-1-4-13(14)15-12-18-7-10-20(15)16(21)6-9-19-8-3-11-24(19,22)23/h1-2,4-5,15,18H,3,6-12H2. The van der Waals surface area contributed by atoms with Gasteiger partial charge in [-0.25, -0.2) is 12.7 Å². The van der Waals surface area contributed by atoms with Crippen molar-refractivity contribution in [2.45, 2.75) is 18.9 Å². The highest BCUT2D eigenvalue weighted by Crippen LogP contribution is 2.29. The maximum Gasteiger partial charge on any atom is 0.224 e. The van der Waals surface area contributed by atoms with Crippen LogP contribution < -0.4 is 5.32 Å². The van der Waals surface area contributed by atoms with Gasteiger partial charge in [-0.15, -0.1) is 0 Å². The molecule has 1 unspecified atom stereocenters. The average molecular weight is 372 g/mol. The van der Waals surface area contributed by atoms with Gasteiger partial charge in [0, 0.05) is 44.2 Å². The van der Waals surface area contributed by atoms with E-state index in [1.807, 2.05) is 29.2 Å². The van der Waals surface area contributed by atoms with Crippen molar-refractivity contribution < 1.29 is 13.2 Å². The molecule has 6 nitrogen and oxygen atoms in total. The maximum absolute atomic E-state index is 12.7. The summed E-state index contributed by atoms with van der Waals surface area (Å²) in [5.74, 6) is 0.167. The Labute approximate surface area is 147 Å². The third-order valence-electron chi connectivity index (χ3n) is 4.61. The molecular weight excluding hydrogens is 350 g/mol. The van der Waals surface area contributed by atoms with E-state index >= 15 is 0 Å². The SMILES string of the molecule is O=C(CCN1CCCS1(=O)=O)N1CCNCC1c1ccccc1Cl. The Morgan fingerprint density at radius 3 is 2.79 bits per heavy atom. The second kappa shape index (κ2) is 7.39. The summed E-state index contributed by atoms with van der Waals surface area (Å²) in [5, 5.41) is 3.94. The van der Waals surface area contributed by atoms with Crippen molar-refractivity contribution in [3.63, 3.8) is 0 Å². The molecule has 0 aromatic heterocycles. The average Bonchev–Trinajstić information content (AvgIpc) is 2.91. The summed E-state index contributed by atoms with van der Waals surface area (Å²) in [5.41, 5.74) is 0.925. The Kier molecular flexibility index (Phi) is 5.44. The van der Waals surface area contributed by atoms with Gasteiger partial charge in [0.05, 0.1) is 11.8 Å². The third-order valence-corrected chi connectivity index (χ3v) is 6.91. The monoisotopic (exact) mass is 371 g/mol. The van der Waals surface area contributed by atoms with Gasteiger partial charge in [-0.1, -0.05) is 29.8 Å². The van der Waals surface area contributed by atoms with Crippen LogP contribution >= 0.6 is 11.6 Å². The highest BCUT2D eigenvalue weighted by atomic mass is 35.5. The molecule has 24 heavy (non-hydrogen) atoms. The van der Waals surface area contributed by atoms with Crippen LogP contribution in [-0.4, -0.2) is 62.0 Å². The molecular formula is C16H22ClN3O3S. The predicted octanol–water partition coefficient (Wildman–Crippen LogP) is 1.24. The fraction of sp³-hybridized carbons (Fsp3) is 0.562. The van der Waals surface area contributed by atoms with Gasteiger partial charge in [0.25, 0.3) is 0 Å². The molecule has 1 amide bonds. The van der Waals surface area contributed by atoms with Crippen molar-refractivity contribution >= 4 is 27.5 Å². The number of hydrogen-bond acceptors (Lipinski definition) is 4. The predicted molar refractivity (Wildman–Crippen MR) is 93.4 cm³/mol. The summed E-state index contributed by atoms with van der Waals surface area (Å²) in [6.45, 7) is 2.76. The number of carbonyl (C=O) groups excluding carboxylic acids is 1. The van der Waals surface area contributed by atoms with Gasteiger partial charge in [-0.3, -0.25) is 4.79 Å². The van der Waals surface area contributed by atoms with E-state index < -0.39 is 10.0 Å². The van der Waals surface area contributed by atoms with Crippen LogP contribution in [0, 0.1) is 0 Å². The van der Waals surface area contributed by atoms with Gasteiger partial charge in [0.2, 0.25) is 15.9 Å². The van der Waals surface area contributed by atoms with Crippen molar-refractivity contribution in [3.8, 4) is 0 Å². The second-order valence-corrected chi connectivity index (χ2v) is 8.64. The Balaban J connectivity index is 1.69. The lowest BCUT2D eigenvalue weighted by atomic mass is 10.0. The first-order valence-corrected chi connectivity index (χ1v) is 10.2. The minimum atomic E-state index is -3.16. The summed E-state index contributed by atoms with van der Waals surface area (Å²) in [6.07, 6.45) is 0.854. The van der Waals surface area contributed by atoms with Crippen LogP contribution in [0.15, 0.2) is 24.3 Å². The lowest BCUT2D eigenvalue weighted by molar-refractivity contribution is -0.134. The zero-order valence-electron chi connectivity index (χ0n) is 13.4. The van der Waals surface area contributed by atoms with Gasteiger partial charge in [0.15, 0.2) is 0 Å². The highest BCUT2D eigenvalue weighted by Gasteiger charge is 2.32. The van der Waals surface area contributed by atoms with Crippen LogP contribution in [0.25, 0.3) is 0 Å². The molecule has 1 atom stereocenters. The van der Waals surface area contributed by atoms with Crippen LogP contribution in [0.1, 0.15) is 24.4 Å². The van der Waals surface area contributed by atoms with E-state index in [0.29, 0.717) is 31.1 Å². The number of nitrogens with one attached hydrogen (secondary N) is 1. The van der Waals surface area contributed by atoms with E-state index in [1.165, 1.54) is 4.31 Å². The quantitative estimate of drug-likeness (QED) is 0.864. The number of sulfonamides is 1. The summed E-state index contributed by atoms with van der Waals surface area (Å²) >= 11 is 6.29. The number of nitrogens with zero attached hydrogens (tertiary/aromatic N) is 2. The molecule has 1 N–H and O–H groups in total. The van der Waals surface area contributed by atoms with Gasteiger partial charge >= 0.3 is 0 Å². The summed E-state index contributed by atoms with van der Waals surface area (Å²) in [7, 11) is -3.16. The smallest absolute Gasteiger partial charge is 0.224 e. The van der Waals surface area contributed by atoms with Gasteiger partial charge in [0.1, 0.15) is 0 Å². The number of benzene rings is 1. The Morgan fingerprint density at radius 1 is 1.29 bits per heavy atom. The minimum absolute atomic E-state index is 0.0245. The van der Waals surface area contributed by atoms with Crippen molar-refractivity contribution in [1.82, 2.24) is 14.5 Å². The van der Waals surface area contributed by atoms with Gasteiger partial charge in [-0.2, -0.15) is 0 Å². The van der Waals surface area contributed by atoms with Crippen molar-refractivity contribution in [2.24, 2.45) is 0 Å². The zero-order valence-corrected chi connectivity index (χ0v) is 15.0. The zero-order chi connectivity index (χ0) is 17.2. The van der Waals surface area contributed by atoms with Crippen molar-refractivity contribution in [2.75, 3.05) is 38.5 Å². The highest BCUT2D eigenvalue weighted by molar-refractivity contribution is 7.89. The molecule has 132 valence electrons. The number of rotatable bonds is 4. The molecule has 0 spiro atoms.